The summed E-state index contributed by atoms with van der Waals surface area (Å²) in [6, 6.07) is 10.7. The summed E-state index contributed by atoms with van der Waals surface area (Å²) in [5, 5.41) is 6.33. The highest BCUT2D eigenvalue weighted by Gasteiger charge is 2.29. The highest BCUT2D eigenvalue weighted by Crippen LogP contribution is 2.28. The van der Waals surface area contributed by atoms with Crippen molar-refractivity contribution < 1.29 is 9.18 Å². The van der Waals surface area contributed by atoms with Crippen LogP contribution < -0.4 is 5.01 Å². The highest BCUT2D eigenvalue weighted by atomic mass is 35.5. The molecule has 2 aromatic rings. The van der Waals surface area contributed by atoms with Gasteiger partial charge in [0.2, 0.25) is 0 Å². The minimum atomic E-state index is -0.429. The van der Waals surface area contributed by atoms with Crippen LogP contribution in [0.15, 0.2) is 53.1 Å². The normalized spacial score (nSPS) is 16.2. The van der Waals surface area contributed by atoms with Crippen LogP contribution in [0.2, 0.25) is 10.0 Å². The maximum atomic E-state index is 13.3. The predicted molar refractivity (Wildman–Crippen MR) is 91.4 cm³/mol. The van der Waals surface area contributed by atoms with E-state index >= 15 is 0 Å². The topological polar surface area (TPSA) is 32.7 Å². The van der Waals surface area contributed by atoms with Gasteiger partial charge in [0.25, 0.3) is 5.91 Å². The molecule has 0 aliphatic carbocycles. The molecule has 1 heterocycles. The minimum Gasteiger partial charge on any atom is -0.267 e. The Morgan fingerprint density at radius 2 is 1.96 bits per heavy atom. The van der Waals surface area contributed by atoms with Crippen molar-refractivity contribution >= 4 is 46.6 Å². The molecule has 2 aromatic carbocycles. The van der Waals surface area contributed by atoms with E-state index in [2.05, 4.69) is 5.10 Å². The van der Waals surface area contributed by atoms with Crippen LogP contribution in [0.25, 0.3) is 6.08 Å². The third-order valence-electron chi connectivity index (χ3n) is 3.38. The fourth-order valence-corrected chi connectivity index (χ4v) is 2.70. The second-order valence-corrected chi connectivity index (χ2v) is 5.85. The summed E-state index contributed by atoms with van der Waals surface area (Å²) in [4.78, 5) is 12.6. The number of amides is 1. The highest BCUT2D eigenvalue weighted by molar-refractivity contribution is 6.36. The number of benzene rings is 2. The van der Waals surface area contributed by atoms with Crippen molar-refractivity contribution in [3.05, 3.63) is 69.5 Å². The third kappa shape index (κ3) is 3.14. The van der Waals surface area contributed by atoms with Gasteiger partial charge >= 0.3 is 0 Å². The SMILES string of the molecule is CC1=NN(c2cccc(F)c2)C(=O)C1=Cc1ccc(Cl)cc1Cl. The van der Waals surface area contributed by atoms with Gasteiger partial charge in [-0.25, -0.2) is 4.39 Å². The van der Waals surface area contributed by atoms with Gasteiger partial charge in [-0.1, -0.05) is 35.3 Å². The second kappa shape index (κ2) is 6.14. The van der Waals surface area contributed by atoms with Crippen LogP contribution in [0.5, 0.6) is 0 Å². The molecule has 0 N–H and O–H groups in total. The molecule has 0 fully saturated rings. The van der Waals surface area contributed by atoms with Crippen LogP contribution in [-0.4, -0.2) is 11.6 Å². The third-order valence-corrected chi connectivity index (χ3v) is 3.94. The number of anilines is 1. The Bertz CT molecular complexity index is 861. The summed E-state index contributed by atoms with van der Waals surface area (Å²) >= 11 is 12.0. The molecule has 0 aromatic heterocycles. The van der Waals surface area contributed by atoms with Crippen molar-refractivity contribution in [3.63, 3.8) is 0 Å². The molecule has 0 bridgehead atoms. The average molecular weight is 349 g/mol. The van der Waals surface area contributed by atoms with Gasteiger partial charge in [-0.3, -0.25) is 4.79 Å². The Morgan fingerprint density at radius 3 is 2.65 bits per heavy atom. The summed E-state index contributed by atoms with van der Waals surface area (Å²) < 4.78 is 13.3. The molecule has 3 nitrogen and oxygen atoms in total. The number of hydrogen-bond donors (Lipinski definition) is 0. The number of halogens is 3. The van der Waals surface area contributed by atoms with Gasteiger partial charge in [0, 0.05) is 10.0 Å². The fraction of sp³-hybridized carbons (Fsp3) is 0.0588. The lowest BCUT2D eigenvalue weighted by Crippen LogP contribution is -2.21. The van der Waals surface area contributed by atoms with Gasteiger partial charge in [-0.05, 0) is 48.9 Å². The Morgan fingerprint density at radius 1 is 1.17 bits per heavy atom. The van der Waals surface area contributed by atoms with E-state index in [1.165, 1.54) is 23.2 Å². The molecule has 1 amide bonds. The van der Waals surface area contributed by atoms with E-state index in [0.717, 1.165) is 0 Å². The molecule has 0 saturated carbocycles. The van der Waals surface area contributed by atoms with E-state index in [1.54, 1.807) is 37.3 Å². The van der Waals surface area contributed by atoms with Crippen molar-refractivity contribution in [1.82, 2.24) is 0 Å². The van der Waals surface area contributed by atoms with E-state index in [4.69, 9.17) is 23.2 Å². The molecular formula is C17H11Cl2FN2O. The first kappa shape index (κ1) is 15.7. The fourth-order valence-electron chi connectivity index (χ4n) is 2.24. The lowest BCUT2D eigenvalue weighted by molar-refractivity contribution is -0.114. The molecule has 0 atom stereocenters. The van der Waals surface area contributed by atoms with E-state index in [9.17, 15) is 9.18 Å². The largest absolute Gasteiger partial charge is 0.280 e. The van der Waals surface area contributed by atoms with Gasteiger partial charge in [0.1, 0.15) is 5.82 Å². The van der Waals surface area contributed by atoms with Crippen molar-refractivity contribution in [3.8, 4) is 0 Å². The number of rotatable bonds is 2. The van der Waals surface area contributed by atoms with Gasteiger partial charge in [-0.15, -0.1) is 0 Å². The van der Waals surface area contributed by atoms with Crippen LogP contribution in [0.4, 0.5) is 10.1 Å². The molecule has 0 spiro atoms. The summed E-state index contributed by atoms with van der Waals surface area (Å²) in [5.41, 5.74) is 1.97. The minimum absolute atomic E-state index is 0.334. The monoisotopic (exact) mass is 348 g/mol. The van der Waals surface area contributed by atoms with Crippen molar-refractivity contribution in [2.24, 2.45) is 5.10 Å². The molecule has 1 aliphatic heterocycles. The Kier molecular flexibility index (Phi) is 4.20. The average Bonchev–Trinajstić information content (AvgIpc) is 2.78. The zero-order chi connectivity index (χ0) is 16.6. The number of carbonyl (C=O) groups excluding carboxylic acids is 1. The van der Waals surface area contributed by atoms with Gasteiger partial charge in [0.05, 0.1) is 17.0 Å². The van der Waals surface area contributed by atoms with Crippen LogP contribution >= 0.6 is 23.2 Å². The Labute approximate surface area is 142 Å². The van der Waals surface area contributed by atoms with Crippen molar-refractivity contribution in [2.45, 2.75) is 6.92 Å². The van der Waals surface area contributed by atoms with Crippen LogP contribution in [-0.2, 0) is 4.79 Å². The molecule has 116 valence electrons. The molecule has 6 heteroatoms. The van der Waals surface area contributed by atoms with E-state index in [-0.39, 0.29) is 5.91 Å². The standard InChI is InChI=1S/C17H11Cl2FN2O/c1-10-15(7-11-5-6-12(18)8-16(11)19)17(23)22(21-10)14-4-2-3-13(20)9-14/h2-9H,1H3. The second-order valence-electron chi connectivity index (χ2n) is 5.01. The number of nitrogens with zero attached hydrogens (tertiary/aromatic N) is 2. The molecule has 0 radical (unpaired) electrons. The van der Waals surface area contributed by atoms with E-state index < -0.39 is 5.82 Å². The van der Waals surface area contributed by atoms with E-state index in [0.29, 0.717) is 32.6 Å². The number of hydrogen-bond acceptors (Lipinski definition) is 2. The van der Waals surface area contributed by atoms with Crippen molar-refractivity contribution in [2.75, 3.05) is 5.01 Å². The van der Waals surface area contributed by atoms with Gasteiger partial charge < -0.3 is 0 Å². The molecule has 3 rings (SSSR count). The predicted octanol–water partition coefficient (Wildman–Crippen LogP) is 4.94. The smallest absolute Gasteiger partial charge is 0.267 e. The molecule has 0 saturated heterocycles. The van der Waals surface area contributed by atoms with E-state index in [1.807, 2.05) is 0 Å². The molecule has 0 unspecified atom stereocenters. The first-order valence-electron chi connectivity index (χ1n) is 6.78. The summed E-state index contributed by atoms with van der Waals surface area (Å²) in [5.74, 6) is -0.763. The van der Waals surface area contributed by atoms with Crippen molar-refractivity contribution in [1.29, 1.82) is 0 Å². The maximum Gasteiger partial charge on any atom is 0.280 e. The molecule has 1 aliphatic rings. The summed E-state index contributed by atoms with van der Waals surface area (Å²) in [6.45, 7) is 1.72. The summed E-state index contributed by atoms with van der Waals surface area (Å²) in [6.07, 6.45) is 1.65. The molecular weight excluding hydrogens is 338 g/mol. The lowest BCUT2D eigenvalue weighted by Gasteiger charge is -2.11. The maximum absolute atomic E-state index is 13.3. The zero-order valence-corrected chi connectivity index (χ0v) is 13.6. The first-order chi connectivity index (χ1) is 11.0. The van der Waals surface area contributed by atoms with Gasteiger partial charge in [0.15, 0.2) is 0 Å². The van der Waals surface area contributed by atoms with Crippen LogP contribution in [0, 0.1) is 5.82 Å². The molecule has 23 heavy (non-hydrogen) atoms. The summed E-state index contributed by atoms with van der Waals surface area (Å²) in [7, 11) is 0. The van der Waals surface area contributed by atoms with Crippen LogP contribution in [0.3, 0.4) is 0 Å². The zero-order valence-electron chi connectivity index (χ0n) is 12.1. The van der Waals surface area contributed by atoms with Crippen LogP contribution in [0.1, 0.15) is 12.5 Å². The Balaban J connectivity index is 1.98. The Hall–Kier alpha value is -2.17. The van der Waals surface area contributed by atoms with Gasteiger partial charge in [-0.2, -0.15) is 10.1 Å². The first-order valence-corrected chi connectivity index (χ1v) is 7.53. The number of carbonyl (C=O) groups is 1. The lowest BCUT2D eigenvalue weighted by atomic mass is 10.1. The number of hydrazone groups is 1. The quantitative estimate of drug-likeness (QED) is 0.707.